The van der Waals surface area contributed by atoms with Gasteiger partial charge in [-0.1, -0.05) is 64.0 Å². The number of carbonyl (C=O) groups is 1. The zero-order valence-corrected chi connectivity index (χ0v) is 14.5. The molecule has 0 aliphatic rings. The molecule has 2 aromatic carbocycles. The monoisotopic (exact) mass is 382 g/mol. The molecule has 1 aromatic heterocycles. The highest BCUT2D eigenvalue weighted by Gasteiger charge is 2.10. The Hall–Kier alpha value is -2.73. The fourth-order valence-electron chi connectivity index (χ4n) is 2.11. The van der Waals surface area contributed by atoms with Crippen LogP contribution in [0.3, 0.4) is 0 Å². The van der Waals surface area contributed by atoms with E-state index in [-0.39, 0.29) is 5.91 Å². The van der Waals surface area contributed by atoms with Gasteiger partial charge in [-0.15, -0.1) is 0 Å². The number of nitrogens with zero attached hydrogens (tertiary/aromatic N) is 2. The van der Waals surface area contributed by atoms with Gasteiger partial charge in [-0.2, -0.15) is 10.2 Å². The smallest absolute Gasteiger partial charge is 0.272 e. The van der Waals surface area contributed by atoms with Gasteiger partial charge in [0.2, 0.25) is 0 Å². The van der Waals surface area contributed by atoms with Crippen LogP contribution >= 0.6 is 15.9 Å². The first kappa shape index (κ1) is 16.1. The molecule has 0 aliphatic carbocycles. The minimum absolute atomic E-state index is 0.343. The Morgan fingerprint density at radius 2 is 1.96 bits per heavy atom. The molecule has 24 heavy (non-hydrogen) atoms. The summed E-state index contributed by atoms with van der Waals surface area (Å²) in [5.74, 6) is -0.343. The van der Waals surface area contributed by atoms with Gasteiger partial charge in [0.25, 0.3) is 5.91 Å². The number of aromatic amines is 1. The summed E-state index contributed by atoms with van der Waals surface area (Å²) < 4.78 is 0.909. The number of amides is 1. The number of hydrogen-bond acceptors (Lipinski definition) is 3. The van der Waals surface area contributed by atoms with Crippen molar-refractivity contribution >= 4 is 28.1 Å². The van der Waals surface area contributed by atoms with Crippen LogP contribution in [0.4, 0.5) is 0 Å². The third-order valence-corrected chi connectivity index (χ3v) is 4.17. The van der Waals surface area contributed by atoms with Crippen LogP contribution in [0.2, 0.25) is 0 Å². The highest BCUT2D eigenvalue weighted by molar-refractivity contribution is 9.10. The highest BCUT2D eigenvalue weighted by Crippen LogP contribution is 2.18. The summed E-state index contributed by atoms with van der Waals surface area (Å²) in [6.07, 6.45) is 1.58. The van der Waals surface area contributed by atoms with E-state index >= 15 is 0 Å². The van der Waals surface area contributed by atoms with Crippen molar-refractivity contribution in [3.8, 4) is 11.3 Å². The van der Waals surface area contributed by atoms with Crippen LogP contribution in [0, 0.1) is 6.92 Å². The summed E-state index contributed by atoms with van der Waals surface area (Å²) in [5.41, 5.74) is 6.56. The van der Waals surface area contributed by atoms with Crippen molar-refractivity contribution in [1.82, 2.24) is 15.6 Å². The maximum Gasteiger partial charge on any atom is 0.289 e. The van der Waals surface area contributed by atoms with Crippen LogP contribution in [-0.2, 0) is 0 Å². The molecule has 2 N–H and O–H groups in total. The summed E-state index contributed by atoms with van der Waals surface area (Å²) in [6.45, 7) is 2.02. The maximum absolute atomic E-state index is 12.1. The van der Waals surface area contributed by atoms with E-state index in [0.29, 0.717) is 5.69 Å². The van der Waals surface area contributed by atoms with Gasteiger partial charge in [0, 0.05) is 15.6 Å². The molecule has 0 saturated heterocycles. The number of aromatic nitrogens is 2. The quantitative estimate of drug-likeness (QED) is 0.530. The molecule has 0 bridgehead atoms. The number of carbonyl (C=O) groups excluding carboxylic acids is 1. The molecule has 0 radical (unpaired) electrons. The third-order valence-electron chi connectivity index (χ3n) is 3.44. The summed E-state index contributed by atoms with van der Waals surface area (Å²) >= 11 is 3.42. The molecule has 3 rings (SSSR count). The average molecular weight is 383 g/mol. The van der Waals surface area contributed by atoms with Crippen molar-refractivity contribution in [2.24, 2.45) is 5.10 Å². The van der Waals surface area contributed by atoms with Crippen LogP contribution < -0.4 is 5.43 Å². The molecular weight excluding hydrogens is 368 g/mol. The number of halogens is 1. The predicted octanol–water partition coefficient (Wildman–Crippen LogP) is 3.91. The Bertz CT molecular complexity index is 884. The third kappa shape index (κ3) is 3.78. The van der Waals surface area contributed by atoms with Crippen molar-refractivity contribution in [1.29, 1.82) is 0 Å². The van der Waals surface area contributed by atoms with Gasteiger partial charge in [-0.3, -0.25) is 9.89 Å². The first-order valence-corrected chi connectivity index (χ1v) is 8.13. The Labute approximate surface area is 147 Å². The Balaban J connectivity index is 1.68. The Kier molecular flexibility index (Phi) is 4.86. The van der Waals surface area contributed by atoms with Crippen LogP contribution in [0.1, 0.15) is 21.6 Å². The molecule has 0 unspecified atom stereocenters. The summed E-state index contributed by atoms with van der Waals surface area (Å²) in [6, 6.07) is 17.3. The molecule has 0 spiro atoms. The van der Waals surface area contributed by atoms with Gasteiger partial charge in [-0.25, -0.2) is 5.43 Å². The van der Waals surface area contributed by atoms with Crippen molar-refractivity contribution in [3.63, 3.8) is 0 Å². The van der Waals surface area contributed by atoms with Gasteiger partial charge < -0.3 is 0 Å². The van der Waals surface area contributed by atoms with Gasteiger partial charge in [0.1, 0.15) is 5.69 Å². The van der Waals surface area contributed by atoms with Gasteiger partial charge in [0.15, 0.2) is 0 Å². The van der Waals surface area contributed by atoms with Gasteiger partial charge in [-0.05, 0) is 19.1 Å². The van der Waals surface area contributed by atoms with E-state index < -0.39 is 0 Å². The molecule has 1 amide bonds. The maximum atomic E-state index is 12.1. The van der Waals surface area contributed by atoms with Crippen LogP contribution in [0.5, 0.6) is 0 Å². The first-order chi connectivity index (χ1) is 11.6. The molecule has 5 nitrogen and oxygen atoms in total. The van der Waals surface area contributed by atoms with Crippen LogP contribution in [0.25, 0.3) is 11.3 Å². The topological polar surface area (TPSA) is 70.1 Å². The lowest BCUT2D eigenvalue weighted by Gasteiger charge is -1.98. The molecule has 0 atom stereocenters. The Morgan fingerprint density at radius 1 is 1.21 bits per heavy atom. The van der Waals surface area contributed by atoms with Crippen molar-refractivity contribution in [2.75, 3.05) is 0 Å². The van der Waals surface area contributed by atoms with E-state index in [1.807, 2.05) is 55.5 Å². The minimum Gasteiger partial charge on any atom is -0.272 e. The Morgan fingerprint density at radius 3 is 2.71 bits per heavy atom. The van der Waals surface area contributed by atoms with E-state index in [2.05, 4.69) is 36.7 Å². The van der Waals surface area contributed by atoms with E-state index in [4.69, 9.17) is 0 Å². The minimum atomic E-state index is -0.343. The fourth-order valence-corrected chi connectivity index (χ4v) is 2.50. The first-order valence-electron chi connectivity index (χ1n) is 7.34. The van der Waals surface area contributed by atoms with Crippen molar-refractivity contribution in [3.05, 3.63) is 75.9 Å². The fraction of sp³-hybridized carbons (Fsp3) is 0.0556. The molecule has 120 valence electrons. The summed E-state index contributed by atoms with van der Waals surface area (Å²) in [5, 5.41) is 10.9. The second kappa shape index (κ2) is 7.23. The number of hydrogen-bond donors (Lipinski definition) is 2. The molecule has 0 aliphatic heterocycles. The van der Waals surface area contributed by atoms with Crippen LogP contribution in [0.15, 0.2) is 64.2 Å². The van der Waals surface area contributed by atoms with Crippen LogP contribution in [-0.4, -0.2) is 22.3 Å². The van der Waals surface area contributed by atoms with Crippen molar-refractivity contribution < 1.29 is 4.79 Å². The zero-order valence-electron chi connectivity index (χ0n) is 13.0. The SMILES string of the molecule is Cc1ccc(-c2cc(C(=O)N/N=C\c3ccccc3Br)[nH]n2)cc1. The van der Waals surface area contributed by atoms with Crippen molar-refractivity contribution in [2.45, 2.75) is 6.92 Å². The number of nitrogens with one attached hydrogen (secondary N) is 2. The lowest BCUT2D eigenvalue weighted by molar-refractivity contribution is 0.0950. The predicted molar refractivity (Wildman–Crippen MR) is 98.0 cm³/mol. The average Bonchev–Trinajstić information content (AvgIpc) is 3.07. The largest absolute Gasteiger partial charge is 0.289 e. The lowest BCUT2D eigenvalue weighted by atomic mass is 10.1. The highest BCUT2D eigenvalue weighted by atomic mass is 79.9. The molecule has 6 heteroatoms. The molecule has 0 fully saturated rings. The van der Waals surface area contributed by atoms with E-state index in [1.165, 1.54) is 5.56 Å². The number of H-pyrrole nitrogens is 1. The zero-order chi connectivity index (χ0) is 16.9. The number of rotatable bonds is 4. The second-order valence-corrected chi connectivity index (χ2v) is 6.11. The van der Waals surface area contributed by atoms with Gasteiger partial charge >= 0.3 is 0 Å². The number of aryl methyl sites for hydroxylation is 1. The normalized spacial score (nSPS) is 10.9. The molecule has 0 saturated carbocycles. The van der Waals surface area contributed by atoms with E-state index in [9.17, 15) is 4.79 Å². The summed E-state index contributed by atoms with van der Waals surface area (Å²) in [7, 11) is 0. The second-order valence-electron chi connectivity index (χ2n) is 5.25. The number of benzene rings is 2. The van der Waals surface area contributed by atoms with E-state index in [1.54, 1.807) is 12.3 Å². The lowest BCUT2D eigenvalue weighted by Crippen LogP contribution is -2.18. The summed E-state index contributed by atoms with van der Waals surface area (Å²) in [4.78, 5) is 12.1. The molecular formula is C18H15BrN4O. The standard InChI is InChI=1S/C18H15BrN4O/c1-12-6-8-13(9-7-12)16-10-17(22-21-16)18(24)23-20-11-14-4-2-3-5-15(14)19/h2-11H,1H3,(H,21,22)(H,23,24)/b20-11-. The number of hydrazone groups is 1. The van der Waals surface area contributed by atoms with Gasteiger partial charge in [0.05, 0.1) is 11.9 Å². The molecule has 1 heterocycles. The molecule has 3 aromatic rings. The van der Waals surface area contributed by atoms with E-state index in [0.717, 1.165) is 21.3 Å².